The van der Waals surface area contributed by atoms with Crippen LogP contribution in [-0.4, -0.2) is 32.3 Å². The quantitative estimate of drug-likeness (QED) is 0.234. The minimum Gasteiger partial charge on any atom is -0.493 e. The van der Waals surface area contributed by atoms with Crippen LogP contribution >= 0.6 is 0 Å². The molecule has 160 valence electrons. The van der Waals surface area contributed by atoms with E-state index in [4.69, 9.17) is 24.2 Å². The average Bonchev–Trinajstić information content (AvgIpc) is 2.80. The molecule has 0 amide bonds. The summed E-state index contributed by atoms with van der Waals surface area (Å²) < 4.78 is 21.2. The molecule has 31 heavy (non-hydrogen) atoms. The van der Waals surface area contributed by atoms with Gasteiger partial charge in [-0.05, 0) is 60.9 Å². The number of nitrogens with zero attached hydrogens (tertiary/aromatic N) is 1. The lowest BCUT2D eigenvalue weighted by Gasteiger charge is -2.11. The molecule has 0 aliphatic carbocycles. The zero-order valence-electron chi connectivity index (χ0n) is 17.2. The fourth-order valence-corrected chi connectivity index (χ4v) is 2.44. The van der Waals surface area contributed by atoms with Crippen molar-refractivity contribution in [2.45, 2.75) is 12.8 Å². The van der Waals surface area contributed by atoms with E-state index in [0.29, 0.717) is 48.9 Å². The van der Waals surface area contributed by atoms with Crippen molar-refractivity contribution < 1.29 is 28.5 Å². The summed E-state index contributed by atoms with van der Waals surface area (Å²) >= 11 is 0. The third-order valence-corrected chi connectivity index (χ3v) is 4.01. The van der Waals surface area contributed by atoms with Crippen LogP contribution in [0.3, 0.4) is 0 Å². The largest absolute Gasteiger partial charge is 0.493 e. The molecule has 0 heterocycles. The van der Waals surface area contributed by atoms with E-state index in [1.54, 1.807) is 48.5 Å². The van der Waals surface area contributed by atoms with E-state index < -0.39 is 11.9 Å². The Hall–Kier alpha value is -4.05. The summed E-state index contributed by atoms with van der Waals surface area (Å²) in [5, 5.41) is 8.78. The second-order valence-electron chi connectivity index (χ2n) is 6.23. The highest BCUT2D eigenvalue weighted by Gasteiger charge is 2.06. The Morgan fingerprint density at radius 3 is 2.45 bits per heavy atom. The number of carbonyl (C=O) groups excluding carboxylic acids is 2. The summed E-state index contributed by atoms with van der Waals surface area (Å²) in [6, 6.07) is 13.5. The first kappa shape index (κ1) is 23.2. The fraction of sp³-hybridized carbons (Fsp3) is 0.208. The Bertz CT molecular complexity index is 973. The number of methoxy groups -OCH3 is 1. The van der Waals surface area contributed by atoms with Gasteiger partial charge in [0.1, 0.15) is 5.75 Å². The van der Waals surface area contributed by atoms with Crippen molar-refractivity contribution in [2.24, 2.45) is 0 Å². The predicted octanol–water partition coefficient (Wildman–Crippen LogP) is 4.07. The van der Waals surface area contributed by atoms with Gasteiger partial charge < -0.3 is 18.9 Å². The molecule has 0 spiro atoms. The SMILES string of the molecule is C=CC(=O)OCCCCOc1ccc(/C=C/C(=O)Oc2ccc(C#N)cc2)cc1OC. The van der Waals surface area contributed by atoms with Gasteiger partial charge in [0.2, 0.25) is 0 Å². The molecule has 0 radical (unpaired) electrons. The molecule has 0 aromatic heterocycles. The molecule has 0 saturated heterocycles. The van der Waals surface area contributed by atoms with Crippen molar-refractivity contribution in [3.05, 3.63) is 72.3 Å². The van der Waals surface area contributed by atoms with E-state index in [2.05, 4.69) is 6.58 Å². The maximum Gasteiger partial charge on any atom is 0.336 e. The molecule has 2 aromatic rings. The zero-order chi connectivity index (χ0) is 22.5. The van der Waals surface area contributed by atoms with Gasteiger partial charge in [0, 0.05) is 12.2 Å². The van der Waals surface area contributed by atoms with Crippen LogP contribution in [-0.2, 0) is 14.3 Å². The lowest BCUT2D eigenvalue weighted by Crippen LogP contribution is -2.05. The lowest BCUT2D eigenvalue weighted by molar-refractivity contribution is -0.137. The lowest BCUT2D eigenvalue weighted by atomic mass is 10.2. The second-order valence-corrected chi connectivity index (χ2v) is 6.23. The molecular formula is C24H23NO6. The number of nitriles is 1. The topological polar surface area (TPSA) is 94.9 Å². The Balaban J connectivity index is 1.85. The van der Waals surface area contributed by atoms with Crippen molar-refractivity contribution in [3.8, 4) is 23.3 Å². The molecule has 7 nitrogen and oxygen atoms in total. The summed E-state index contributed by atoms with van der Waals surface area (Å²) in [5.74, 6) is 0.478. The van der Waals surface area contributed by atoms with Crippen LogP contribution in [0.5, 0.6) is 17.2 Å². The summed E-state index contributed by atoms with van der Waals surface area (Å²) in [5.41, 5.74) is 1.22. The van der Waals surface area contributed by atoms with E-state index >= 15 is 0 Å². The summed E-state index contributed by atoms with van der Waals surface area (Å²) in [7, 11) is 1.53. The van der Waals surface area contributed by atoms with E-state index in [1.165, 1.54) is 13.2 Å². The minimum atomic E-state index is -0.541. The van der Waals surface area contributed by atoms with Crippen LogP contribution in [0.1, 0.15) is 24.0 Å². The van der Waals surface area contributed by atoms with Crippen molar-refractivity contribution in [3.63, 3.8) is 0 Å². The summed E-state index contributed by atoms with van der Waals surface area (Å²) in [6.07, 6.45) is 5.41. The van der Waals surface area contributed by atoms with Gasteiger partial charge >= 0.3 is 11.9 Å². The van der Waals surface area contributed by atoms with Gasteiger partial charge in [0.15, 0.2) is 11.5 Å². The van der Waals surface area contributed by atoms with Gasteiger partial charge in [-0.2, -0.15) is 5.26 Å². The number of carbonyl (C=O) groups is 2. The highest BCUT2D eigenvalue weighted by molar-refractivity contribution is 5.88. The third-order valence-electron chi connectivity index (χ3n) is 4.01. The number of esters is 2. The van der Waals surface area contributed by atoms with Crippen LogP contribution in [0, 0.1) is 11.3 Å². The summed E-state index contributed by atoms with van der Waals surface area (Å²) in [4.78, 5) is 22.9. The monoisotopic (exact) mass is 421 g/mol. The van der Waals surface area contributed by atoms with Gasteiger partial charge in [-0.1, -0.05) is 12.6 Å². The zero-order valence-corrected chi connectivity index (χ0v) is 17.2. The number of unbranched alkanes of at least 4 members (excludes halogenated alkanes) is 1. The standard InChI is InChI=1S/C24H23NO6/c1-3-23(26)30-15-5-4-14-29-21-12-8-18(16-22(21)28-2)9-13-24(27)31-20-10-6-19(17-25)7-11-20/h3,6-13,16H,1,4-5,14-15H2,2H3/b13-9+. The maximum absolute atomic E-state index is 12.0. The Morgan fingerprint density at radius 2 is 1.77 bits per heavy atom. The van der Waals surface area contributed by atoms with Crippen LogP contribution < -0.4 is 14.2 Å². The van der Waals surface area contributed by atoms with E-state index in [9.17, 15) is 9.59 Å². The smallest absolute Gasteiger partial charge is 0.336 e. The molecule has 0 aliphatic heterocycles. The molecule has 0 fully saturated rings. The van der Waals surface area contributed by atoms with Crippen LogP contribution in [0.15, 0.2) is 61.2 Å². The molecule has 2 aromatic carbocycles. The second kappa shape index (κ2) is 12.5. The molecule has 0 atom stereocenters. The van der Waals surface area contributed by atoms with Crippen molar-refractivity contribution in [1.29, 1.82) is 5.26 Å². The van der Waals surface area contributed by atoms with E-state index in [1.807, 2.05) is 6.07 Å². The number of hydrogen-bond donors (Lipinski definition) is 0. The van der Waals surface area contributed by atoms with Gasteiger partial charge in [-0.25, -0.2) is 9.59 Å². The van der Waals surface area contributed by atoms with Crippen LogP contribution in [0.4, 0.5) is 0 Å². The van der Waals surface area contributed by atoms with E-state index in [-0.39, 0.29) is 0 Å². The number of ether oxygens (including phenoxy) is 4. The van der Waals surface area contributed by atoms with Gasteiger partial charge in [-0.3, -0.25) is 0 Å². The van der Waals surface area contributed by atoms with Crippen LogP contribution in [0.25, 0.3) is 6.08 Å². The summed E-state index contributed by atoms with van der Waals surface area (Å²) in [6.45, 7) is 4.09. The highest BCUT2D eigenvalue weighted by Crippen LogP contribution is 2.28. The fourth-order valence-electron chi connectivity index (χ4n) is 2.44. The first-order chi connectivity index (χ1) is 15.0. The Kier molecular flexibility index (Phi) is 9.37. The van der Waals surface area contributed by atoms with E-state index in [0.717, 1.165) is 11.6 Å². The predicted molar refractivity (Wildman–Crippen MR) is 115 cm³/mol. The average molecular weight is 421 g/mol. The molecule has 0 bridgehead atoms. The number of benzene rings is 2. The van der Waals surface area contributed by atoms with Gasteiger partial charge in [0.05, 0.1) is 32.0 Å². The van der Waals surface area contributed by atoms with Crippen molar-refractivity contribution >= 4 is 18.0 Å². The highest BCUT2D eigenvalue weighted by atomic mass is 16.5. The molecular weight excluding hydrogens is 398 g/mol. The van der Waals surface area contributed by atoms with Gasteiger partial charge in [0.25, 0.3) is 0 Å². The first-order valence-electron chi connectivity index (χ1n) is 9.56. The number of rotatable bonds is 11. The minimum absolute atomic E-state index is 0.313. The molecule has 0 N–H and O–H groups in total. The molecule has 0 unspecified atom stereocenters. The molecule has 7 heteroatoms. The number of hydrogen-bond acceptors (Lipinski definition) is 7. The Morgan fingerprint density at radius 1 is 1.03 bits per heavy atom. The van der Waals surface area contributed by atoms with Crippen molar-refractivity contribution in [1.82, 2.24) is 0 Å². The maximum atomic E-state index is 12.0. The van der Waals surface area contributed by atoms with Gasteiger partial charge in [-0.15, -0.1) is 0 Å². The van der Waals surface area contributed by atoms with Crippen LogP contribution in [0.2, 0.25) is 0 Å². The normalized spacial score (nSPS) is 10.2. The molecule has 2 rings (SSSR count). The molecule has 0 aliphatic rings. The Labute approximate surface area is 181 Å². The molecule has 0 saturated carbocycles. The third kappa shape index (κ3) is 8.07. The van der Waals surface area contributed by atoms with Crippen molar-refractivity contribution in [2.75, 3.05) is 20.3 Å². The first-order valence-corrected chi connectivity index (χ1v) is 9.56.